The highest BCUT2D eigenvalue weighted by atomic mass is 79.9. The zero-order chi connectivity index (χ0) is 16.4. The summed E-state index contributed by atoms with van der Waals surface area (Å²) < 4.78 is 0.975. The van der Waals surface area contributed by atoms with Crippen LogP contribution in [0.1, 0.15) is 46.0 Å². The zero-order valence-electron chi connectivity index (χ0n) is 13.0. The molecule has 22 heavy (non-hydrogen) atoms. The number of halogens is 1. The van der Waals surface area contributed by atoms with Gasteiger partial charge in [0.1, 0.15) is 0 Å². The van der Waals surface area contributed by atoms with Gasteiger partial charge in [0.25, 0.3) is 0 Å². The van der Waals surface area contributed by atoms with Crippen LogP contribution in [0.4, 0.5) is 0 Å². The van der Waals surface area contributed by atoms with Gasteiger partial charge in [0.05, 0.1) is 10.9 Å². The molecule has 0 aliphatic heterocycles. The number of carbonyl (C=O) groups excluding carboxylic acids is 2. The quantitative estimate of drug-likeness (QED) is 0.589. The minimum absolute atomic E-state index is 0.00820. The van der Waals surface area contributed by atoms with Gasteiger partial charge in [0.2, 0.25) is 0 Å². The summed E-state index contributed by atoms with van der Waals surface area (Å²) >= 11 is 5.00. The van der Waals surface area contributed by atoms with E-state index in [1.807, 2.05) is 45.0 Å². The van der Waals surface area contributed by atoms with Crippen LogP contribution in [0.2, 0.25) is 0 Å². The fourth-order valence-corrected chi connectivity index (χ4v) is 4.02. The molecule has 1 N–H and O–H groups in total. The molecule has 0 amide bonds. The van der Waals surface area contributed by atoms with E-state index >= 15 is 0 Å². The van der Waals surface area contributed by atoms with Crippen LogP contribution in [0.3, 0.4) is 0 Å². The van der Waals surface area contributed by atoms with E-state index in [9.17, 15) is 9.59 Å². The summed E-state index contributed by atoms with van der Waals surface area (Å²) in [4.78, 5) is 28.5. The van der Waals surface area contributed by atoms with E-state index in [2.05, 4.69) is 20.9 Å². The molecular formula is C17H18BrNO2S. The van der Waals surface area contributed by atoms with Gasteiger partial charge in [-0.3, -0.25) is 9.59 Å². The predicted molar refractivity (Wildman–Crippen MR) is 94.1 cm³/mol. The molecule has 0 unspecified atom stereocenters. The van der Waals surface area contributed by atoms with Crippen LogP contribution in [0.15, 0.2) is 33.6 Å². The maximum absolute atomic E-state index is 12.7. The van der Waals surface area contributed by atoms with E-state index in [1.165, 1.54) is 18.7 Å². The Bertz CT molecular complexity index is 736. The lowest BCUT2D eigenvalue weighted by molar-refractivity contribution is 0.0988. The number of Topliss-reactive ketones (excluding diaryl/α,β-unsaturated/α-hetero) is 2. The van der Waals surface area contributed by atoms with Crippen LogP contribution >= 0.6 is 27.7 Å². The molecule has 0 saturated heterocycles. The van der Waals surface area contributed by atoms with Crippen LogP contribution in [-0.2, 0) is 0 Å². The second kappa shape index (κ2) is 6.84. The number of H-pyrrole nitrogens is 1. The van der Waals surface area contributed by atoms with Crippen molar-refractivity contribution in [2.75, 3.05) is 0 Å². The van der Waals surface area contributed by atoms with Crippen molar-refractivity contribution >= 4 is 39.3 Å². The van der Waals surface area contributed by atoms with Crippen LogP contribution in [-0.4, -0.2) is 21.8 Å². The normalized spacial score (nSPS) is 12.2. The van der Waals surface area contributed by atoms with Crippen molar-refractivity contribution < 1.29 is 9.59 Å². The summed E-state index contributed by atoms with van der Waals surface area (Å²) in [7, 11) is 0. The second-order valence-corrected chi connectivity index (χ2v) is 7.47. The largest absolute Gasteiger partial charge is 0.355 e. The fraction of sp³-hybridized carbons (Fsp3) is 0.294. The highest BCUT2D eigenvalue weighted by Crippen LogP contribution is 2.32. The van der Waals surface area contributed by atoms with Crippen LogP contribution in [0.25, 0.3) is 0 Å². The van der Waals surface area contributed by atoms with Crippen molar-refractivity contribution in [2.24, 2.45) is 0 Å². The topological polar surface area (TPSA) is 49.9 Å². The average Bonchev–Trinajstić information content (AvgIpc) is 2.75. The molecule has 1 atom stereocenters. The summed E-state index contributed by atoms with van der Waals surface area (Å²) in [6.45, 7) is 7.06. The van der Waals surface area contributed by atoms with E-state index in [4.69, 9.17) is 0 Å². The Morgan fingerprint density at radius 1 is 1.23 bits per heavy atom. The Hall–Kier alpha value is -1.33. The molecule has 0 fully saturated rings. The van der Waals surface area contributed by atoms with Gasteiger partial charge in [-0.2, -0.15) is 0 Å². The van der Waals surface area contributed by atoms with Crippen molar-refractivity contribution in [1.29, 1.82) is 0 Å². The molecule has 0 bridgehead atoms. The predicted octanol–water partition coefficient (Wildman–Crippen LogP) is 4.96. The molecule has 1 aromatic carbocycles. The minimum atomic E-state index is -0.241. The Morgan fingerprint density at radius 2 is 1.86 bits per heavy atom. The van der Waals surface area contributed by atoms with Gasteiger partial charge in [-0.1, -0.05) is 12.1 Å². The van der Waals surface area contributed by atoms with Gasteiger partial charge in [-0.15, -0.1) is 11.8 Å². The highest BCUT2D eigenvalue weighted by molar-refractivity contribution is 9.10. The molecule has 0 spiro atoms. The molecule has 2 rings (SSSR count). The zero-order valence-corrected chi connectivity index (χ0v) is 15.4. The molecule has 5 heteroatoms. The Kier molecular flexibility index (Phi) is 5.29. The van der Waals surface area contributed by atoms with Crippen molar-refractivity contribution in [2.45, 2.75) is 37.8 Å². The fourth-order valence-electron chi connectivity index (χ4n) is 2.51. The van der Waals surface area contributed by atoms with E-state index in [0.29, 0.717) is 11.3 Å². The third-order valence-corrected chi connectivity index (χ3v) is 5.68. The first-order chi connectivity index (χ1) is 10.3. The molecule has 1 heterocycles. The number of rotatable bonds is 5. The van der Waals surface area contributed by atoms with Crippen LogP contribution in [0, 0.1) is 13.8 Å². The Morgan fingerprint density at radius 3 is 2.41 bits per heavy atom. The molecule has 1 aromatic heterocycles. The number of aryl methyl sites for hydroxylation is 1. The first-order valence-corrected chi connectivity index (χ1v) is 8.65. The lowest BCUT2D eigenvalue weighted by Gasteiger charge is -2.11. The number of aromatic nitrogens is 1. The minimum Gasteiger partial charge on any atom is -0.355 e. The van der Waals surface area contributed by atoms with E-state index < -0.39 is 0 Å². The smallest absolute Gasteiger partial charge is 0.192 e. The van der Waals surface area contributed by atoms with Gasteiger partial charge in [-0.05, 0) is 61.3 Å². The number of aromatic amines is 1. The standard InChI is InChI=1S/C17H18BrNO2S/c1-9-15(11(3)20)10(2)19-16(9)17(21)12(4)22-14-8-6-5-7-13(14)18/h5-8,12,19H,1-4H3/t12-/m0/s1. The molecule has 0 saturated carbocycles. The van der Waals surface area contributed by atoms with E-state index in [-0.39, 0.29) is 16.8 Å². The van der Waals surface area contributed by atoms with Crippen molar-refractivity contribution in [3.8, 4) is 0 Å². The van der Waals surface area contributed by atoms with Gasteiger partial charge >= 0.3 is 0 Å². The van der Waals surface area contributed by atoms with Crippen LogP contribution in [0.5, 0.6) is 0 Å². The lowest BCUT2D eigenvalue weighted by atomic mass is 10.0. The molecule has 0 aliphatic rings. The van der Waals surface area contributed by atoms with E-state index in [0.717, 1.165) is 20.6 Å². The first kappa shape index (κ1) is 17.0. The van der Waals surface area contributed by atoms with Gasteiger partial charge in [-0.25, -0.2) is 0 Å². The number of benzene rings is 1. The number of hydrogen-bond donors (Lipinski definition) is 1. The molecule has 116 valence electrons. The van der Waals surface area contributed by atoms with Crippen molar-refractivity contribution in [3.05, 3.63) is 51.3 Å². The Labute approximate surface area is 143 Å². The average molecular weight is 380 g/mol. The SMILES string of the molecule is CC(=O)c1c(C)[nH]c(C(=O)[C@H](C)Sc2ccccc2Br)c1C. The number of nitrogens with one attached hydrogen (secondary N) is 1. The summed E-state index contributed by atoms with van der Waals surface area (Å²) in [5.74, 6) is -0.00902. The molecular weight excluding hydrogens is 362 g/mol. The molecule has 0 aliphatic carbocycles. The summed E-state index contributed by atoms with van der Waals surface area (Å²) in [5.41, 5.74) is 2.66. The maximum atomic E-state index is 12.7. The van der Waals surface area contributed by atoms with Crippen LogP contribution < -0.4 is 0 Å². The number of ketones is 2. The monoisotopic (exact) mass is 379 g/mol. The lowest BCUT2D eigenvalue weighted by Crippen LogP contribution is -2.15. The van der Waals surface area contributed by atoms with Gasteiger partial charge < -0.3 is 4.98 Å². The highest BCUT2D eigenvalue weighted by Gasteiger charge is 2.24. The van der Waals surface area contributed by atoms with Gasteiger partial charge in [0, 0.05) is 20.6 Å². The Balaban J connectivity index is 2.27. The molecule has 2 aromatic rings. The van der Waals surface area contributed by atoms with E-state index in [1.54, 1.807) is 0 Å². The summed E-state index contributed by atoms with van der Waals surface area (Å²) in [6, 6.07) is 7.82. The second-order valence-electron chi connectivity index (χ2n) is 5.24. The summed E-state index contributed by atoms with van der Waals surface area (Å²) in [6.07, 6.45) is 0. The third-order valence-electron chi connectivity index (χ3n) is 3.55. The number of hydrogen-bond acceptors (Lipinski definition) is 3. The summed E-state index contributed by atoms with van der Waals surface area (Å²) in [5, 5.41) is -0.241. The third kappa shape index (κ3) is 3.36. The molecule has 0 radical (unpaired) electrons. The van der Waals surface area contributed by atoms with Gasteiger partial charge in [0.15, 0.2) is 11.6 Å². The first-order valence-electron chi connectivity index (χ1n) is 6.98. The molecule has 3 nitrogen and oxygen atoms in total. The van der Waals surface area contributed by atoms with Crippen molar-refractivity contribution in [1.82, 2.24) is 4.98 Å². The number of thioether (sulfide) groups is 1. The number of carbonyl (C=O) groups is 2. The maximum Gasteiger partial charge on any atom is 0.192 e. The van der Waals surface area contributed by atoms with Crippen molar-refractivity contribution in [3.63, 3.8) is 0 Å².